The fraction of sp³-hybridized carbons (Fsp3) is 0.545. The van der Waals surface area contributed by atoms with Crippen LogP contribution in [0.15, 0.2) is 41.8 Å². The monoisotopic (exact) mass is 368 g/mol. The minimum absolute atomic E-state index is 0.0154. The summed E-state index contributed by atoms with van der Waals surface area (Å²) in [6.45, 7) is 4.64. The molecule has 3 nitrogen and oxygen atoms in total. The van der Waals surface area contributed by atoms with E-state index in [1.165, 1.54) is 42.9 Å². The molecule has 1 atom stereocenters. The first kappa shape index (κ1) is 16.8. The second-order valence-corrected chi connectivity index (χ2v) is 9.32. The summed E-state index contributed by atoms with van der Waals surface area (Å²) in [7, 11) is 0. The second-order valence-electron chi connectivity index (χ2n) is 8.28. The summed E-state index contributed by atoms with van der Waals surface area (Å²) in [5.74, 6) is 2.08. The van der Waals surface area contributed by atoms with Crippen molar-refractivity contribution in [3.63, 3.8) is 0 Å². The molecule has 1 N–H and O–H groups in total. The number of thiophene rings is 1. The van der Waals surface area contributed by atoms with E-state index in [4.69, 9.17) is 4.74 Å². The highest BCUT2D eigenvalue weighted by Crippen LogP contribution is 2.44. The normalized spacial score (nSPS) is 25.0. The van der Waals surface area contributed by atoms with Gasteiger partial charge in [0.15, 0.2) is 0 Å². The predicted octanol–water partition coefficient (Wildman–Crippen LogP) is 4.61. The lowest BCUT2D eigenvalue weighted by molar-refractivity contribution is -0.0262. The van der Waals surface area contributed by atoms with Crippen LogP contribution in [0.2, 0.25) is 0 Å². The molecule has 1 aliphatic carbocycles. The van der Waals surface area contributed by atoms with Gasteiger partial charge < -0.3 is 15.0 Å². The van der Waals surface area contributed by atoms with Crippen LogP contribution in [0, 0.1) is 5.92 Å². The zero-order valence-electron chi connectivity index (χ0n) is 15.3. The van der Waals surface area contributed by atoms with Crippen LogP contribution in [-0.2, 0) is 6.54 Å². The largest absolute Gasteiger partial charge is 0.487 e. The molecular formula is C22H28N2OS. The first-order valence-electron chi connectivity index (χ1n) is 10.1. The third-order valence-corrected chi connectivity index (χ3v) is 7.16. The maximum atomic E-state index is 6.63. The van der Waals surface area contributed by atoms with Gasteiger partial charge in [-0.25, -0.2) is 0 Å². The van der Waals surface area contributed by atoms with Gasteiger partial charge in [0.05, 0.1) is 0 Å². The molecule has 0 amide bonds. The molecule has 3 heterocycles. The van der Waals surface area contributed by atoms with E-state index in [1.54, 1.807) is 0 Å². The first-order chi connectivity index (χ1) is 12.8. The molecule has 3 aliphatic rings. The highest BCUT2D eigenvalue weighted by atomic mass is 32.1. The maximum Gasteiger partial charge on any atom is 0.124 e. The van der Waals surface area contributed by atoms with Crippen LogP contribution in [0.1, 0.15) is 48.6 Å². The van der Waals surface area contributed by atoms with Gasteiger partial charge in [-0.15, -0.1) is 11.3 Å². The van der Waals surface area contributed by atoms with Crippen LogP contribution in [0.25, 0.3) is 0 Å². The topological polar surface area (TPSA) is 24.5 Å². The number of likely N-dealkylation sites (tertiary alicyclic amines) is 1. The maximum absolute atomic E-state index is 6.63. The number of para-hydroxylation sites is 1. The summed E-state index contributed by atoms with van der Waals surface area (Å²) in [6, 6.07) is 13.4. The molecule has 1 spiro atoms. The van der Waals surface area contributed by atoms with Crippen molar-refractivity contribution in [2.45, 2.75) is 50.3 Å². The molecule has 0 radical (unpaired) electrons. The summed E-state index contributed by atoms with van der Waals surface area (Å²) in [6.07, 6.45) is 6.30. The SMILES string of the molecule is c1csc(CN[C@H]2CC3(CCN(CC4CC4)CC3)Oc3ccccc32)c1. The summed E-state index contributed by atoms with van der Waals surface area (Å²) < 4.78 is 6.63. The molecular weight excluding hydrogens is 340 g/mol. The van der Waals surface area contributed by atoms with Crippen LogP contribution in [0.4, 0.5) is 0 Å². The number of rotatable bonds is 5. The number of nitrogens with zero attached hydrogens (tertiary/aromatic N) is 1. The summed E-state index contributed by atoms with van der Waals surface area (Å²) in [5.41, 5.74) is 1.34. The van der Waals surface area contributed by atoms with Gasteiger partial charge in [0.1, 0.15) is 11.4 Å². The van der Waals surface area contributed by atoms with Crippen molar-refractivity contribution in [2.75, 3.05) is 19.6 Å². The molecule has 138 valence electrons. The molecule has 1 aromatic carbocycles. The molecule has 2 aliphatic heterocycles. The third kappa shape index (κ3) is 3.55. The van der Waals surface area contributed by atoms with Gasteiger partial charge in [0.2, 0.25) is 0 Å². The molecule has 0 bridgehead atoms. The Hall–Kier alpha value is -1.36. The smallest absolute Gasteiger partial charge is 0.124 e. The Morgan fingerprint density at radius 3 is 2.73 bits per heavy atom. The molecule has 1 saturated heterocycles. The molecule has 1 aromatic heterocycles. The second kappa shape index (κ2) is 6.99. The van der Waals surface area contributed by atoms with E-state index in [9.17, 15) is 0 Å². The van der Waals surface area contributed by atoms with Crippen LogP contribution >= 0.6 is 11.3 Å². The number of nitrogens with one attached hydrogen (secondary N) is 1. The Bertz CT molecular complexity index is 732. The minimum atomic E-state index is 0.0154. The van der Waals surface area contributed by atoms with Crippen molar-refractivity contribution in [1.29, 1.82) is 0 Å². The zero-order chi connectivity index (χ0) is 17.4. The van der Waals surface area contributed by atoms with Gasteiger partial charge in [-0.05, 0) is 49.1 Å². The highest BCUT2D eigenvalue weighted by molar-refractivity contribution is 7.09. The Morgan fingerprint density at radius 1 is 1.12 bits per heavy atom. The van der Waals surface area contributed by atoms with Gasteiger partial charge in [0, 0.05) is 49.1 Å². The van der Waals surface area contributed by atoms with Gasteiger partial charge in [0.25, 0.3) is 0 Å². The number of hydrogen-bond donors (Lipinski definition) is 1. The van der Waals surface area contributed by atoms with E-state index in [0.717, 1.165) is 37.5 Å². The van der Waals surface area contributed by atoms with Gasteiger partial charge >= 0.3 is 0 Å². The van der Waals surface area contributed by atoms with E-state index < -0.39 is 0 Å². The molecule has 4 heteroatoms. The number of ether oxygens (including phenoxy) is 1. The van der Waals surface area contributed by atoms with Crippen molar-refractivity contribution in [2.24, 2.45) is 5.92 Å². The van der Waals surface area contributed by atoms with Crippen molar-refractivity contribution in [1.82, 2.24) is 10.2 Å². The number of benzene rings is 1. The Labute approximate surface area is 160 Å². The van der Waals surface area contributed by atoms with E-state index in [2.05, 4.69) is 52.0 Å². The van der Waals surface area contributed by atoms with Gasteiger partial charge in [-0.3, -0.25) is 0 Å². The minimum Gasteiger partial charge on any atom is -0.487 e. The molecule has 26 heavy (non-hydrogen) atoms. The Kier molecular flexibility index (Phi) is 4.51. The lowest BCUT2D eigenvalue weighted by Crippen LogP contribution is -2.52. The first-order valence-corrected chi connectivity index (χ1v) is 10.9. The lowest BCUT2D eigenvalue weighted by atomic mass is 9.80. The van der Waals surface area contributed by atoms with Crippen molar-refractivity contribution in [3.05, 3.63) is 52.2 Å². The fourth-order valence-corrected chi connectivity index (χ4v) is 5.21. The van der Waals surface area contributed by atoms with Gasteiger partial charge in [-0.2, -0.15) is 0 Å². The van der Waals surface area contributed by atoms with Crippen molar-refractivity contribution < 1.29 is 4.74 Å². The van der Waals surface area contributed by atoms with Crippen LogP contribution in [0.5, 0.6) is 5.75 Å². The van der Waals surface area contributed by atoms with E-state index in [-0.39, 0.29) is 5.60 Å². The van der Waals surface area contributed by atoms with Crippen LogP contribution in [0.3, 0.4) is 0 Å². The molecule has 1 saturated carbocycles. The fourth-order valence-electron chi connectivity index (χ4n) is 4.55. The molecule has 5 rings (SSSR count). The molecule has 2 aromatic rings. The number of fused-ring (bicyclic) bond motifs is 1. The molecule has 0 unspecified atom stereocenters. The zero-order valence-corrected chi connectivity index (χ0v) is 16.1. The number of piperidine rings is 1. The van der Waals surface area contributed by atoms with Crippen LogP contribution < -0.4 is 10.1 Å². The van der Waals surface area contributed by atoms with Crippen LogP contribution in [-0.4, -0.2) is 30.1 Å². The lowest BCUT2D eigenvalue weighted by Gasteiger charge is -2.47. The van der Waals surface area contributed by atoms with E-state index in [1.807, 2.05) is 11.3 Å². The summed E-state index contributed by atoms with van der Waals surface area (Å²) in [5, 5.41) is 5.98. The summed E-state index contributed by atoms with van der Waals surface area (Å²) >= 11 is 1.83. The quantitative estimate of drug-likeness (QED) is 0.834. The summed E-state index contributed by atoms with van der Waals surface area (Å²) in [4.78, 5) is 4.07. The predicted molar refractivity (Wildman–Crippen MR) is 107 cm³/mol. The number of hydrogen-bond acceptors (Lipinski definition) is 4. The van der Waals surface area contributed by atoms with Crippen molar-refractivity contribution >= 4 is 11.3 Å². The average Bonchev–Trinajstić information content (AvgIpc) is 3.33. The molecule has 2 fully saturated rings. The van der Waals surface area contributed by atoms with Gasteiger partial charge in [-0.1, -0.05) is 24.3 Å². The average molecular weight is 369 g/mol. The van der Waals surface area contributed by atoms with E-state index in [0.29, 0.717) is 6.04 Å². The van der Waals surface area contributed by atoms with E-state index >= 15 is 0 Å². The Balaban J connectivity index is 1.31. The standard InChI is InChI=1S/C22H28N2OS/c1-2-6-21-19(5-1)20(23-15-18-4-3-13-26-18)14-22(25-21)9-11-24(12-10-22)16-17-7-8-17/h1-6,13,17,20,23H,7-12,14-16H2/t20-/m0/s1. The van der Waals surface area contributed by atoms with Crippen molar-refractivity contribution in [3.8, 4) is 5.75 Å². The highest BCUT2D eigenvalue weighted by Gasteiger charge is 2.43. The third-order valence-electron chi connectivity index (χ3n) is 6.28. The Morgan fingerprint density at radius 2 is 1.96 bits per heavy atom.